The molecule has 0 saturated heterocycles. The maximum atomic E-state index is 11.4. The van der Waals surface area contributed by atoms with Crippen LogP contribution < -0.4 is 0 Å². The summed E-state index contributed by atoms with van der Waals surface area (Å²) in [4.78, 5) is 11.4. The third-order valence-corrected chi connectivity index (χ3v) is 3.29. The predicted octanol–water partition coefficient (Wildman–Crippen LogP) is 3.89. The summed E-state index contributed by atoms with van der Waals surface area (Å²) < 4.78 is 1.39. The van der Waals surface area contributed by atoms with Crippen molar-refractivity contribution in [3.05, 3.63) is 71.4 Å². The highest BCUT2D eigenvalue weighted by atomic mass is 35.5. The Morgan fingerprint density at radius 1 is 1.05 bits per heavy atom. The lowest BCUT2D eigenvalue weighted by atomic mass is 10.1. The maximum absolute atomic E-state index is 11.4. The molecule has 2 aromatic carbocycles. The van der Waals surface area contributed by atoms with Gasteiger partial charge in [0.25, 0.3) is 0 Å². The number of carboxylic acids is 1. The van der Waals surface area contributed by atoms with Crippen molar-refractivity contribution in [1.82, 2.24) is 9.78 Å². The van der Waals surface area contributed by atoms with Gasteiger partial charge in [0.15, 0.2) is 5.69 Å². The first-order valence-electron chi connectivity index (χ1n) is 6.30. The number of hydrogen-bond donors (Lipinski definition) is 1. The molecule has 0 saturated carbocycles. The van der Waals surface area contributed by atoms with E-state index < -0.39 is 5.97 Å². The van der Waals surface area contributed by atoms with Crippen LogP contribution in [0.5, 0.6) is 0 Å². The van der Waals surface area contributed by atoms with Crippen LogP contribution in [-0.2, 0) is 0 Å². The van der Waals surface area contributed by atoms with E-state index in [0.29, 0.717) is 16.4 Å². The molecule has 3 aromatic rings. The number of carbonyl (C=O) groups is 1. The summed E-state index contributed by atoms with van der Waals surface area (Å²) in [6.45, 7) is 0. The minimum absolute atomic E-state index is 0.0936. The van der Waals surface area contributed by atoms with E-state index in [4.69, 9.17) is 11.6 Å². The first-order valence-corrected chi connectivity index (χ1v) is 6.67. The third-order valence-electron chi connectivity index (χ3n) is 3.05. The van der Waals surface area contributed by atoms with Gasteiger partial charge in [0.2, 0.25) is 0 Å². The molecule has 0 unspecified atom stereocenters. The highest BCUT2D eigenvalue weighted by Gasteiger charge is 2.16. The fraction of sp³-hybridized carbons (Fsp3) is 0. The van der Waals surface area contributed by atoms with Crippen LogP contribution in [0.1, 0.15) is 10.5 Å². The minimum Gasteiger partial charge on any atom is -0.477 e. The Morgan fingerprint density at radius 2 is 1.81 bits per heavy atom. The van der Waals surface area contributed by atoms with Gasteiger partial charge in [-0.15, -0.1) is 0 Å². The molecule has 0 aliphatic carbocycles. The Bertz CT molecular complexity index is 797. The molecule has 1 heterocycles. The fourth-order valence-corrected chi connectivity index (χ4v) is 2.27. The number of halogens is 1. The Morgan fingerprint density at radius 3 is 2.48 bits per heavy atom. The molecule has 104 valence electrons. The topological polar surface area (TPSA) is 55.1 Å². The fourth-order valence-electron chi connectivity index (χ4n) is 2.09. The number of aromatic carboxylic acids is 1. The standard InChI is InChI=1S/C16H11ClN2O2/c17-12-7-4-8-13(9-12)19-15(16(20)21)10-14(18-19)11-5-2-1-3-6-11/h1-10H,(H,20,21). The number of hydrogen-bond acceptors (Lipinski definition) is 2. The number of aromatic nitrogens is 2. The van der Waals surface area contributed by atoms with E-state index in [-0.39, 0.29) is 5.69 Å². The Labute approximate surface area is 126 Å². The normalized spacial score (nSPS) is 10.5. The van der Waals surface area contributed by atoms with E-state index >= 15 is 0 Å². The van der Waals surface area contributed by atoms with Crippen LogP contribution in [0.25, 0.3) is 16.9 Å². The lowest BCUT2D eigenvalue weighted by molar-refractivity contribution is 0.0687. The van der Waals surface area contributed by atoms with Gasteiger partial charge in [0, 0.05) is 10.6 Å². The summed E-state index contributed by atoms with van der Waals surface area (Å²) in [7, 11) is 0. The number of nitrogens with zero attached hydrogens (tertiary/aromatic N) is 2. The second-order valence-corrected chi connectivity index (χ2v) is 4.91. The third kappa shape index (κ3) is 2.66. The largest absolute Gasteiger partial charge is 0.477 e. The zero-order chi connectivity index (χ0) is 14.8. The Hall–Kier alpha value is -2.59. The average molecular weight is 299 g/mol. The molecular weight excluding hydrogens is 288 g/mol. The highest BCUT2D eigenvalue weighted by molar-refractivity contribution is 6.30. The van der Waals surface area contributed by atoms with E-state index in [1.54, 1.807) is 30.3 Å². The smallest absolute Gasteiger partial charge is 0.354 e. The van der Waals surface area contributed by atoms with E-state index in [9.17, 15) is 9.90 Å². The summed E-state index contributed by atoms with van der Waals surface area (Å²) in [5.74, 6) is -1.04. The number of benzene rings is 2. The lowest BCUT2D eigenvalue weighted by Crippen LogP contribution is -2.07. The van der Waals surface area contributed by atoms with Crippen LogP contribution in [0.4, 0.5) is 0 Å². The zero-order valence-electron chi connectivity index (χ0n) is 10.9. The maximum Gasteiger partial charge on any atom is 0.354 e. The van der Waals surface area contributed by atoms with Gasteiger partial charge in [-0.2, -0.15) is 5.10 Å². The molecule has 0 fully saturated rings. The summed E-state index contributed by atoms with van der Waals surface area (Å²) in [6, 6.07) is 17.9. The molecule has 0 amide bonds. The second kappa shape index (κ2) is 5.42. The highest BCUT2D eigenvalue weighted by Crippen LogP contribution is 2.22. The molecule has 4 nitrogen and oxygen atoms in total. The van der Waals surface area contributed by atoms with Gasteiger partial charge in [-0.25, -0.2) is 9.48 Å². The van der Waals surface area contributed by atoms with Gasteiger partial charge in [0.05, 0.1) is 11.4 Å². The van der Waals surface area contributed by atoms with Crippen LogP contribution in [0.3, 0.4) is 0 Å². The van der Waals surface area contributed by atoms with Gasteiger partial charge in [0.1, 0.15) is 0 Å². The molecule has 21 heavy (non-hydrogen) atoms. The van der Waals surface area contributed by atoms with Gasteiger partial charge in [-0.1, -0.05) is 48.0 Å². The molecule has 0 aliphatic heterocycles. The first-order chi connectivity index (χ1) is 10.1. The summed E-state index contributed by atoms with van der Waals surface area (Å²) in [5, 5.41) is 14.3. The molecule has 5 heteroatoms. The van der Waals surface area contributed by atoms with E-state index in [1.165, 1.54) is 4.68 Å². The molecule has 1 aromatic heterocycles. The quantitative estimate of drug-likeness (QED) is 0.798. The van der Waals surface area contributed by atoms with Gasteiger partial charge in [-0.05, 0) is 24.3 Å². The van der Waals surface area contributed by atoms with Crippen molar-refractivity contribution < 1.29 is 9.90 Å². The van der Waals surface area contributed by atoms with Crippen molar-refractivity contribution in [3.8, 4) is 16.9 Å². The molecule has 3 rings (SSSR count). The van der Waals surface area contributed by atoms with Crippen molar-refractivity contribution in [2.45, 2.75) is 0 Å². The number of rotatable bonds is 3. The zero-order valence-corrected chi connectivity index (χ0v) is 11.7. The van der Waals surface area contributed by atoms with Crippen molar-refractivity contribution in [2.75, 3.05) is 0 Å². The van der Waals surface area contributed by atoms with Gasteiger partial charge in [-0.3, -0.25) is 0 Å². The van der Waals surface area contributed by atoms with Crippen LogP contribution in [0.2, 0.25) is 5.02 Å². The summed E-state index contributed by atoms with van der Waals surface area (Å²) in [6.07, 6.45) is 0. The van der Waals surface area contributed by atoms with Crippen LogP contribution in [0.15, 0.2) is 60.7 Å². The van der Waals surface area contributed by atoms with Crippen LogP contribution in [0, 0.1) is 0 Å². The van der Waals surface area contributed by atoms with Crippen molar-refractivity contribution in [2.24, 2.45) is 0 Å². The lowest BCUT2D eigenvalue weighted by Gasteiger charge is -2.04. The van der Waals surface area contributed by atoms with E-state index in [2.05, 4.69) is 5.10 Å². The van der Waals surface area contributed by atoms with E-state index in [1.807, 2.05) is 30.3 Å². The van der Waals surface area contributed by atoms with Gasteiger partial charge >= 0.3 is 5.97 Å². The van der Waals surface area contributed by atoms with Crippen LogP contribution >= 0.6 is 11.6 Å². The molecule has 0 bridgehead atoms. The molecule has 1 N–H and O–H groups in total. The van der Waals surface area contributed by atoms with E-state index in [0.717, 1.165) is 5.56 Å². The summed E-state index contributed by atoms with van der Waals surface area (Å²) in [5.41, 5.74) is 2.17. The SMILES string of the molecule is O=C(O)c1cc(-c2ccccc2)nn1-c1cccc(Cl)c1. The Kier molecular flexibility index (Phi) is 3.46. The second-order valence-electron chi connectivity index (χ2n) is 4.48. The van der Waals surface area contributed by atoms with Crippen molar-refractivity contribution in [1.29, 1.82) is 0 Å². The first kappa shape index (κ1) is 13.4. The minimum atomic E-state index is -1.04. The molecular formula is C16H11ClN2O2. The average Bonchev–Trinajstić information content (AvgIpc) is 2.93. The molecule has 0 radical (unpaired) electrons. The Balaban J connectivity index is 2.16. The van der Waals surface area contributed by atoms with Crippen LogP contribution in [-0.4, -0.2) is 20.9 Å². The van der Waals surface area contributed by atoms with Crippen molar-refractivity contribution in [3.63, 3.8) is 0 Å². The molecule has 0 aliphatic rings. The molecule has 0 atom stereocenters. The van der Waals surface area contributed by atoms with Gasteiger partial charge < -0.3 is 5.11 Å². The molecule has 0 spiro atoms. The summed E-state index contributed by atoms with van der Waals surface area (Å²) >= 11 is 5.96. The van der Waals surface area contributed by atoms with Crippen molar-refractivity contribution >= 4 is 17.6 Å². The monoisotopic (exact) mass is 298 g/mol. The number of carboxylic acid groups (broad SMARTS) is 1. The predicted molar refractivity (Wildman–Crippen MR) is 81.0 cm³/mol.